The number of carbonyl (C=O) groups excluding carboxylic acids is 2. The average molecular weight is 497 g/mol. The van der Waals surface area contributed by atoms with E-state index in [9.17, 15) is 9.59 Å². The molecule has 34 heavy (non-hydrogen) atoms. The van der Waals surface area contributed by atoms with Gasteiger partial charge in [-0.2, -0.15) is 0 Å². The molecule has 178 valence electrons. The number of carbonyl (C=O) groups is 2. The monoisotopic (exact) mass is 496 g/mol. The minimum Gasteiger partial charge on any atom is -0.484 e. The zero-order valence-corrected chi connectivity index (χ0v) is 21.0. The number of para-hydroxylation sites is 1. The first-order valence-corrected chi connectivity index (χ1v) is 12.8. The van der Waals surface area contributed by atoms with Gasteiger partial charge in [0.1, 0.15) is 12.3 Å². The van der Waals surface area contributed by atoms with Gasteiger partial charge < -0.3 is 14.5 Å². The maximum Gasteiger partial charge on any atom is 0.261 e. The molecule has 0 N–H and O–H groups in total. The zero-order valence-electron chi connectivity index (χ0n) is 19.4. The van der Waals surface area contributed by atoms with Gasteiger partial charge in [-0.25, -0.2) is 0 Å². The molecular formula is C27H29ClN2O3S. The van der Waals surface area contributed by atoms with Crippen molar-refractivity contribution in [2.45, 2.75) is 38.8 Å². The minimum absolute atomic E-state index is 0.0234. The van der Waals surface area contributed by atoms with E-state index in [1.54, 1.807) is 16.2 Å². The number of thiophene rings is 1. The Morgan fingerprint density at radius 1 is 1.15 bits per heavy atom. The summed E-state index contributed by atoms with van der Waals surface area (Å²) in [4.78, 5) is 31.6. The van der Waals surface area contributed by atoms with E-state index in [-0.39, 0.29) is 37.0 Å². The summed E-state index contributed by atoms with van der Waals surface area (Å²) in [7, 11) is 0. The summed E-state index contributed by atoms with van der Waals surface area (Å²) in [5.74, 6) is 0.378. The van der Waals surface area contributed by atoms with E-state index in [2.05, 4.69) is 11.4 Å². The molecule has 0 fully saturated rings. The van der Waals surface area contributed by atoms with Crippen LogP contribution in [-0.2, 0) is 16.0 Å². The lowest BCUT2D eigenvalue weighted by molar-refractivity contribution is -0.144. The SMILES string of the molecule is CCC(C)N(CC(=O)N1CCc2sccc2C1c1ccc(Cl)cc1)C(=O)COc1ccccc1. The first-order valence-electron chi connectivity index (χ1n) is 11.6. The molecule has 0 saturated carbocycles. The second kappa shape index (κ2) is 11.1. The van der Waals surface area contributed by atoms with Crippen molar-refractivity contribution >= 4 is 34.8 Å². The maximum atomic E-state index is 13.7. The van der Waals surface area contributed by atoms with Crippen LogP contribution in [0.1, 0.15) is 42.3 Å². The maximum absolute atomic E-state index is 13.7. The molecule has 5 nitrogen and oxygen atoms in total. The molecule has 0 bridgehead atoms. The Kier molecular flexibility index (Phi) is 7.91. The number of halogens is 1. The lowest BCUT2D eigenvalue weighted by atomic mass is 9.93. The fourth-order valence-corrected chi connectivity index (χ4v) is 5.31. The van der Waals surface area contributed by atoms with Crippen LogP contribution < -0.4 is 4.74 Å². The number of benzene rings is 2. The number of amides is 2. The first kappa shape index (κ1) is 24.3. The second-order valence-electron chi connectivity index (χ2n) is 8.47. The number of fused-ring (bicyclic) bond motifs is 1. The molecule has 0 radical (unpaired) electrons. The molecule has 0 saturated heterocycles. The molecular weight excluding hydrogens is 468 g/mol. The van der Waals surface area contributed by atoms with Crippen LogP contribution in [0.3, 0.4) is 0 Å². The fraction of sp³-hybridized carbons (Fsp3) is 0.333. The molecule has 1 aliphatic heterocycles. The normalized spacial score (nSPS) is 16.0. The predicted molar refractivity (Wildman–Crippen MR) is 136 cm³/mol. The second-order valence-corrected chi connectivity index (χ2v) is 9.91. The number of ether oxygens (including phenoxy) is 1. The highest BCUT2D eigenvalue weighted by Crippen LogP contribution is 2.38. The third kappa shape index (κ3) is 5.45. The summed E-state index contributed by atoms with van der Waals surface area (Å²) in [6.45, 7) is 4.52. The van der Waals surface area contributed by atoms with Gasteiger partial charge in [0.25, 0.3) is 5.91 Å². The summed E-state index contributed by atoms with van der Waals surface area (Å²) in [6, 6.07) is 18.8. The largest absolute Gasteiger partial charge is 0.484 e. The molecule has 0 aliphatic carbocycles. The summed E-state index contributed by atoms with van der Waals surface area (Å²) in [5, 5.41) is 2.74. The van der Waals surface area contributed by atoms with Crippen molar-refractivity contribution in [2.24, 2.45) is 0 Å². The Balaban J connectivity index is 1.53. The summed E-state index contributed by atoms with van der Waals surface area (Å²) < 4.78 is 5.68. The van der Waals surface area contributed by atoms with Crippen LogP contribution in [0.4, 0.5) is 0 Å². The van der Waals surface area contributed by atoms with Gasteiger partial charge in [-0.1, -0.05) is 48.9 Å². The lowest BCUT2D eigenvalue weighted by Gasteiger charge is -2.38. The molecule has 1 aromatic heterocycles. The Morgan fingerprint density at radius 2 is 1.88 bits per heavy atom. The van der Waals surface area contributed by atoms with Crippen molar-refractivity contribution in [1.82, 2.24) is 9.80 Å². The molecule has 2 amide bonds. The van der Waals surface area contributed by atoms with Gasteiger partial charge in [0.2, 0.25) is 5.91 Å². The van der Waals surface area contributed by atoms with Crippen LogP contribution in [0.25, 0.3) is 0 Å². The van der Waals surface area contributed by atoms with E-state index >= 15 is 0 Å². The van der Waals surface area contributed by atoms with E-state index in [0.717, 1.165) is 24.0 Å². The Hall–Kier alpha value is -2.83. The van der Waals surface area contributed by atoms with E-state index in [1.165, 1.54) is 4.88 Å². The van der Waals surface area contributed by atoms with Gasteiger partial charge in [0, 0.05) is 22.5 Å². The summed E-state index contributed by atoms with van der Waals surface area (Å²) in [5.41, 5.74) is 2.17. The van der Waals surface area contributed by atoms with Crippen LogP contribution in [0.15, 0.2) is 66.0 Å². The quantitative estimate of drug-likeness (QED) is 0.409. The van der Waals surface area contributed by atoms with Crippen LogP contribution in [-0.4, -0.2) is 47.4 Å². The van der Waals surface area contributed by atoms with Crippen molar-refractivity contribution in [3.05, 3.63) is 87.1 Å². The summed E-state index contributed by atoms with van der Waals surface area (Å²) in [6.07, 6.45) is 1.57. The van der Waals surface area contributed by atoms with Gasteiger partial charge in [0.15, 0.2) is 6.61 Å². The van der Waals surface area contributed by atoms with Crippen LogP contribution >= 0.6 is 22.9 Å². The molecule has 7 heteroatoms. The Bertz CT molecular complexity index is 1120. The van der Waals surface area contributed by atoms with Crippen LogP contribution in [0, 0.1) is 0 Å². The third-order valence-corrected chi connectivity index (χ3v) is 7.57. The van der Waals surface area contributed by atoms with E-state index in [4.69, 9.17) is 16.3 Å². The van der Waals surface area contributed by atoms with Gasteiger partial charge in [-0.3, -0.25) is 9.59 Å². The van der Waals surface area contributed by atoms with Crippen LogP contribution in [0.2, 0.25) is 5.02 Å². The van der Waals surface area contributed by atoms with Gasteiger partial charge in [-0.15, -0.1) is 11.3 Å². The van der Waals surface area contributed by atoms with Gasteiger partial charge in [0.05, 0.1) is 6.04 Å². The molecule has 4 rings (SSSR count). The smallest absolute Gasteiger partial charge is 0.261 e. The van der Waals surface area contributed by atoms with Gasteiger partial charge in [-0.05, 0) is 66.6 Å². The highest BCUT2D eigenvalue weighted by Gasteiger charge is 2.34. The number of rotatable bonds is 8. The van der Waals surface area contributed by atoms with Crippen molar-refractivity contribution in [1.29, 1.82) is 0 Å². The lowest BCUT2D eigenvalue weighted by Crippen LogP contribution is -2.50. The minimum atomic E-state index is -0.192. The first-order chi connectivity index (χ1) is 16.5. The Labute approximate surface area is 209 Å². The molecule has 2 atom stereocenters. The van der Waals surface area contributed by atoms with E-state index < -0.39 is 0 Å². The average Bonchev–Trinajstić information content (AvgIpc) is 3.35. The van der Waals surface area contributed by atoms with Crippen molar-refractivity contribution < 1.29 is 14.3 Å². The van der Waals surface area contributed by atoms with Gasteiger partial charge >= 0.3 is 0 Å². The molecule has 3 aromatic rings. The number of nitrogens with zero attached hydrogens (tertiary/aromatic N) is 2. The standard InChI is InChI=1S/C27H29ClN2O3S/c1-3-19(2)30(26(32)18-33-22-7-5-4-6-8-22)17-25(31)29-15-13-24-23(14-16-34-24)27(29)20-9-11-21(28)12-10-20/h4-12,14,16,19,27H,3,13,15,17-18H2,1-2H3. The highest BCUT2D eigenvalue weighted by atomic mass is 35.5. The molecule has 2 aromatic carbocycles. The van der Waals surface area contributed by atoms with E-state index in [0.29, 0.717) is 17.3 Å². The van der Waals surface area contributed by atoms with Crippen molar-refractivity contribution in [3.63, 3.8) is 0 Å². The molecule has 2 unspecified atom stereocenters. The molecule has 1 aliphatic rings. The number of hydrogen-bond donors (Lipinski definition) is 0. The predicted octanol–water partition coefficient (Wildman–Crippen LogP) is 5.58. The topological polar surface area (TPSA) is 49.9 Å². The summed E-state index contributed by atoms with van der Waals surface area (Å²) >= 11 is 7.85. The zero-order chi connectivity index (χ0) is 24.1. The fourth-order valence-electron chi connectivity index (χ4n) is 4.28. The Morgan fingerprint density at radius 3 is 2.59 bits per heavy atom. The van der Waals surface area contributed by atoms with Crippen molar-refractivity contribution in [2.75, 3.05) is 19.7 Å². The van der Waals surface area contributed by atoms with Crippen LogP contribution in [0.5, 0.6) is 5.75 Å². The number of hydrogen-bond acceptors (Lipinski definition) is 4. The third-order valence-electron chi connectivity index (χ3n) is 6.33. The molecule has 2 heterocycles. The van der Waals surface area contributed by atoms with Crippen molar-refractivity contribution in [3.8, 4) is 5.75 Å². The highest BCUT2D eigenvalue weighted by molar-refractivity contribution is 7.10. The van der Waals surface area contributed by atoms with E-state index in [1.807, 2.05) is 73.3 Å². The molecule has 0 spiro atoms.